The second kappa shape index (κ2) is 11.4. The molecule has 2 aromatic rings. The van der Waals surface area contributed by atoms with Crippen LogP contribution >= 0.6 is 0 Å². The van der Waals surface area contributed by atoms with Crippen molar-refractivity contribution in [2.75, 3.05) is 32.7 Å². The van der Waals surface area contributed by atoms with Crippen LogP contribution in [0.2, 0.25) is 6.82 Å². The largest absolute Gasteiger partial charge is 0.437 e. The van der Waals surface area contributed by atoms with E-state index < -0.39 is 7.05 Å². The van der Waals surface area contributed by atoms with Crippen molar-refractivity contribution in [3.05, 3.63) is 71.5 Å². The highest BCUT2D eigenvalue weighted by Crippen LogP contribution is 2.36. The van der Waals surface area contributed by atoms with Gasteiger partial charge in [-0.1, -0.05) is 63.2 Å². The quantitative estimate of drug-likeness (QED) is 0.594. The predicted molar refractivity (Wildman–Crippen MR) is 144 cm³/mol. The average Bonchev–Trinajstić information content (AvgIpc) is 2.86. The number of rotatable bonds is 6. The average molecular weight is 493 g/mol. The van der Waals surface area contributed by atoms with E-state index in [-0.39, 0.29) is 29.2 Å². The Bertz CT molecular complexity index is 988. The third kappa shape index (κ3) is 6.37. The molecule has 2 saturated heterocycles. The van der Waals surface area contributed by atoms with Crippen LogP contribution < -0.4 is 0 Å². The fourth-order valence-electron chi connectivity index (χ4n) is 5.87. The molecule has 4 rings (SSSR count). The highest BCUT2D eigenvalue weighted by atomic mass is 19.1. The zero-order valence-electron chi connectivity index (χ0n) is 22.2. The van der Waals surface area contributed by atoms with Gasteiger partial charge in [-0.2, -0.15) is 0 Å². The number of carbonyl (C=O) groups is 1. The molecule has 7 heteroatoms. The molecule has 0 aromatic heterocycles. The van der Waals surface area contributed by atoms with Gasteiger partial charge in [0.25, 0.3) is 0 Å². The van der Waals surface area contributed by atoms with Gasteiger partial charge in [-0.25, -0.2) is 4.39 Å². The van der Waals surface area contributed by atoms with Crippen molar-refractivity contribution in [1.29, 1.82) is 0 Å². The molecule has 1 amide bonds. The molecular weight excluding hydrogens is 452 g/mol. The van der Waals surface area contributed by atoms with Gasteiger partial charge >= 0.3 is 7.05 Å². The molecule has 0 bridgehead atoms. The van der Waals surface area contributed by atoms with Gasteiger partial charge in [-0.3, -0.25) is 9.69 Å². The van der Waals surface area contributed by atoms with Gasteiger partial charge in [0.05, 0.1) is 6.04 Å². The van der Waals surface area contributed by atoms with Crippen LogP contribution in [-0.2, 0) is 4.79 Å². The Kier molecular flexibility index (Phi) is 8.54. The second-order valence-corrected chi connectivity index (χ2v) is 11.6. The number of piperazine rings is 1. The monoisotopic (exact) mass is 493 g/mol. The Morgan fingerprint density at radius 1 is 1.00 bits per heavy atom. The summed E-state index contributed by atoms with van der Waals surface area (Å²) in [6, 6.07) is 17.3. The van der Waals surface area contributed by atoms with Crippen LogP contribution in [0.25, 0.3) is 0 Å². The maximum atomic E-state index is 13.7. The lowest BCUT2D eigenvalue weighted by Crippen LogP contribution is -2.60. The molecule has 0 spiro atoms. The van der Waals surface area contributed by atoms with Crippen LogP contribution in [-0.4, -0.2) is 71.4 Å². The maximum absolute atomic E-state index is 13.7. The van der Waals surface area contributed by atoms with Gasteiger partial charge in [0.1, 0.15) is 5.82 Å². The Morgan fingerprint density at radius 2 is 1.61 bits per heavy atom. The normalized spacial score (nSPS) is 21.4. The Morgan fingerprint density at radius 3 is 2.19 bits per heavy atom. The number of nitrogens with zero attached hydrogens (tertiary/aromatic N) is 3. The molecule has 2 fully saturated rings. The van der Waals surface area contributed by atoms with Gasteiger partial charge in [-0.05, 0) is 67.3 Å². The third-order valence-electron chi connectivity index (χ3n) is 8.04. The highest BCUT2D eigenvalue weighted by molar-refractivity contribution is 6.45. The number of carbonyl (C=O) groups excluding carboxylic acids is 1. The van der Waals surface area contributed by atoms with Crippen molar-refractivity contribution in [1.82, 2.24) is 14.6 Å². The van der Waals surface area contributed by atoms with E-state index in [1.54, 1.807) is 0 Å². The van der Waals surface area contributed by atoms with Gasteiger partial charge in [0.15, 0.2) is 0 Å². The summed E-state index contributed by atoms with van der Waals surface area (Å²) >= 11 is 0. The Labute approximate surface area is 216 Å². The van der Waals surface area contributed by atoms with Crippen molar-refractivity contribution in [3.8, 4) is 0 Å². The molecule has 1 unspecified atom stereocenters. The van der Waals surface area contributed by atoms with Crippen LogP contribution in [0.1, 0.15) is 57.2 Å². The molecule has 2 aliphatic rings. The Balaban J connectivity index is 1.51. The van der Waals surface area contributed by atoms with Crippen molar-refractivity contribution < 1.29 is 14.2 Å². The molecule has 0 saturated carbocycles. The lowest BCUT2D eigenvalue weighted by Gasteiger charge is -2.50. The fourth-order valence-corrected chi connectivity index (χ4v) is 5.87. The first kappa shape index (κ1) is 26.8. The SMILES string of the molecule is CB(O)N1CCC(CC(=O)N2CCN(C(c3ccccc3)c3ccc(F)cc3)C[C@@H]2C(C)(C)C)CC1. The molecule has 36 heavy (non-hydrogen) atoms. The van der Waals surface area contributed by atoms with Crippen LogP contribution in [0.15, 0.2) is 54.6 Å². The van der Waals surface area contributed by atoms with Gasteiger partial charge < -0.3 is 14.7 Å². The second-order valence-electron chi connectivity index (χ2n) is 11.6. The summed E-state index contributed by atoms with van der Waals surface area (Å²) in [5.74, 6) is 0.401. The Hall–Kier alpha value is -2.22. The van der Waals surface area contributed by atoms with E-state index in [1.807, 2.05) is 25.0 Å². The lowest BCUT2D eigenvalue weighted by atomic mass is 9.80. The van der Waals surface area contributed by atoms with Crippen LogP contribution in [0.5, 0.6) is 0 Å². The van der Waals surface area contributed by atoms with Gasteiger partial charge in [0.2, 0.25) is 5.91 Å². The van der Waals surface area contributed by atoms with Crippen molar-refractivity contribution >= 4 is 13.0 Å². The summed E-state index contributed by atoms with van der Waals surface area (Å²) in [6.07, 6.45) is 2.50. The summed E-state index contributed by atoms with van der Waals surface area (Å²) in [5.41, 5.74) is 2.18. The fraction of sp³-hybridized carbons (Fsp3) is 0.552. The van der Waals surface area contributed by atoms with E-state index in [0.29, 0.717) is 18.9 Å². The van der Waals surface area contributed by atoms with Crippen molar-refractivity contribution in [3.63, 3.8) is 0 Å². The summed E-state index contributed by atoms with van der Waals surface area (Å²) in [4.78, 5) is 20.3. The van der Waals surface area contributed by atoms with Gasteiger partial charge in [0, 0.05) is 32.1 Å². The first-order valence-corrected chi connectivity index (χ1v) is 13.4. The molecule has 5 nitrogen and oxygen atoms in total. The molecule has 2 aliphatic heterocycles. The van der Waals surface area contributed by atoms with E-state index in [9.17, 15) is 14.2 Å². The minimum absolute atomic E-state index is 0.0127. The van der Waals surface area contributed by atoms with E-state index in [2.05, 4.69) is 59.6 Å². The molecule has 1 N–H and O–H groups in total. The highest BCUT2D eigenvalue weighted by Gasteiger charge is 2.40. The minimum atomic E-state index is -0.418. The zero-order chi connectivity index (χ0) is 25.9. The molecule has 2 heterocycles. The van der Waals surface area contributed by atoms with Crippen LogP contribution in [0.3, 0.4) is 0 Å². The lowest BCUT2D eigenvalue weighted by molar-refractivity contribution is -0.141. The smallest absolute Gasteiger partial charge is 0.376 e. The summed E-state index contributed by atoms with van der Waals surface area (Å²) < 4.78 is 13.7. The molecule has 194 valence electrons. The topological polar surface area (TPSA) is 47.0 Å². The number of halogens is 1. The summed E-state index contributed by atoms with van der Waals surface area (Å²) in [6.45, 7) is 12.4. The van der Waals surface area contributed by atoms with Crippen molar-refractivity contribution in [2.45, 2.75) is 58.9 Å². The summed E-state index contributed by atoms with van der Waals surface area (Å²) in [5, 5.41) is 9.85. The minimum Gasteiger partial charge on any atom is -0.437 e. The summed E-state index contributed by atoms with van der Waals surface area (Å²) in [7, 11) is -0.418. The van der Waals surface area contributed by atoms with Crippen LogP contribution in [0, 0.1) is 17.2 Å². The van der Waals surface area contributed by atoms with Crippen molar-refractivity contribution in [2.24, 2.45) is 11.3 Å². The maximum Gasteiger partial charge on any atom is 0.376 e. The zero-order valence-corrected chi connectivity index (χ0v) is 22.2. The number of amides is 1. The molecule has 2 atom stereocenters. The molecule has 0 radical (unpaired) electrons. The van der Waals surface area contributed by atoms with Gasteiger partial charge in [-0.15, -0.1) is 0 Å². The van der Waals surface area contributed by atoms with Crippen LogP contribution in [0.4, 0.5) is 4.39 Å². The third-order valence-corrected chi connectivity index (χ3v) is 8.04. The molecule has 0 aliphatic carbocycles. The number of hydrogen-bond donors (Lipinski definition) is 1. The molecular formula is C29H41BFN3O2. The number of piperidine rings is 1. The standard InChI is InChI=1S/C29H41BFN3O2/c1-29(2,3)26-21-32(28(23-8-6-5-7-9-23)24-10-12-25(31)13-11-24)18-19-34(26)27(35)20-22-14-16-33(17-15-22)30(4)36/h5-13,22,26,28,36H,14-21H2,1-4H3/t26-,28?/m1/s1. The van der Waals surface area contributed by atoms with E-state index in [1.165, 1.54) is 17.7 Å². The van der Waals surface area contributed by atoms with E-state index in [4.69, 9.17) is 0 Å². The van der Waals surface area contributed by atoms with E-state index in [0.717, 1.165) is 44.6 Å². The molecule has 2 aromatic carbocycles. The number of hydrogen-bond acceptors (Lipinski definition) is 4. The predicted octanol–water partition coefficient (Wildman–Crippen LogP) is 4.69. The first-order valence-electron chi connectivity index (χ1n) is 13.4. The first-order chi connectivity index (χ1) is 17.1. The number of benzene rings is 2. The van der Waals surface area contributed by atoms with E-state index >= 15 is 0 Å².